The van der Waals surface area contributed by atoms with Gasteiger partial charge >= 0.3 is 0 Å². The monoisotopic (exact) mass is 321 g/mol. The number of aliphatic imine (C=N–C) groups is 1. The van der Waals surface area contributed by atoms with Crippen LogP contribution in [0, 0.1) is 17.5 Å². The molecule has 112 valence electrons. The van der Waals surface area contributed by atoms with E-state index in [1.165, 1.54) is 30.0 Å². The molecule has 1 aliphatic heterocycles. The van der Waals surface area contributed by atoms with E-state index < -0.39 is 11.6 Å². The SMILES string of the molecule is Fc1ccc(N=C2NN=C(c3ccc(F)c(F)c3)CS2)cc1. The van der Waals surface area contributed by atoms with Gasteiger partial charge in [0.05, 0.1) is 11.4 Å². The molecule has 0 aromatic heterocycles. The molecule has 1 heterocycles. The Hall–Kier alpha value is -2.28. The van der Waals surface area contributed by atoms with E-state index in [4.69, 9.17) is 0 Å². The first kappa shape index (κ1) is 14.6. The number of hydrogen-bond donors (Lipinski definition) is 1. The lowest BCUT2D eigenvalue weighted by Gasteiger charge is -2.14. The highest BCUT2D eigenvalue weighted by Crippen LogP contribution is 2.19. The van der Waals surface area contributed by atoms with Crippen molar-refractivity contribution in [3.05, 3.63) is 65.5 Å². The molecule has 0 amide bonds. The third-order valence-corrected chi connectivity index (χ3v) is 3.82. The van der Waals surface area contributed by atoms with Crippen LogP contribution in [0.4, 0.5) is 18.9 Å². The Labute approximate surface area is 129 Å². The van der Waals surface area contributed by atoms with Crippen molar-refractivity contribution in [1.82, 2.24) is 5.43 Å². The summed E-state index contributed by atoms with van der Waals surface area (Å²) in [6, 6.07) is 9.41. The molecule has 3 rings (SSSR count). The number of benzene rings is 2. The summed E-state index contributed by atoms with van der Waals surface area (Å²) >= 11 is 1.37. The number of halogens is 3. The summed E-state index contributed by atoms with van der Waals surface area (Å²) in [6.07, 6.45) is 0. The minimum atomic E-state index is -0.907. The minimum Gasteiger partial charge on any atom is -0.255 e. The molecule has 0 atom stereocenters. The molecule has 0 radical (unpaired) electrons. The predicted octanol–water partition coefficient (Wildman–Crippen LogP) is 3.83. The van der Waals surface area contributed by atoms with Crippen molar-refractivity contribution in [3.8, 4) is 0 Å². The second-order valence-electron chi connectivity index (χ2n) is 4.48. The lowest BCUT2D eigenvalue weighted by Crippen LogP contribution is -2.25. The van der Waals surface area contributed by atoms with Crippen LogP contribution in [-0.2, 0) is 0 Å². The summed E-state index contributed by atoms with van der Waals surface area (Å²) in [5.41, 5.74) is 4.47. The van der Waals surface area contributed by atoms with Gasteiger partial charge in [0.1, 0.15) is 5.82 Å². The molecular formula is C15H10F3N3S. The fraction of sp³-hybridized carbons (Fsp3) is 0.0667. The number of nitrogens with one attached hydrogen (secondary N) is 1. The number of thioether (sulfide) groups is 1. The van der Waals surface area contributed by atoms with Crippen LogP contribution in [0.2, 0.25) is 0 Å². The van der Waals surface area contributed by atoms with Crippen molar-refractivity contribution in [2.45, 2.75) is 0 Å². The molecule has 0 saturated carbocycles. The van der Waals surface area contributed by atoms with Crippen molar-refractivity contribution in [2.75, 3.05) is 5.75 Å². The van der Waals surface area contributed by atoms with Crippen LogP contribution < -0.4 is 5.43 Å². The average Bonchev–Trinajstić information content (AvgIpc) is 2.53. The first-order valence-electron chi connectivity index (χ1n) is 6.37. The van der Waals surface area contributed by atoms with Gasteiger partial charge in [0.15, 0.2) is 16.8 Å². The van der Waals surface area contributed by atoms with Gasteiger partial charge in [0.2, 0.25) is 0 Å². The summed E-state index contributed by atoms with van der Waals surface area (Å²) in [6.45, 7) is 0. The first-order chi connectivity index (χ1) is 10.6. The smallest absolute Gasteiger partial charge is 0.182 e. The van der Waals surface area contributed by atoms with Crippen LogP contribution in [0.1, 0.15) is 5.56 Å². The van der Waals surface area contributed by atoms with Crippen molar-refractivity contribution in [3.63, 3.8) is 0 Å². The average molecular weight is 321 g/mol. The van der Waals surface area contributed by atoms with E-state index in [1.54, 1.807) is 12.1 Å². The maximum Gasteiger partial charge on any atom is 0.182 e. The number of amidine groups is 1. The highest BCUT2D eigenvalue weighted by Gasteiger charge is 2.14. The summed E-state index contributed by atoms with van der Waals surface area (Å²) in [4.78, 5) is 4.28. The zero-order chi connectivity index (χ0) is 15.5. The summed E-state index contributed by atoms with van der Waals surface area (Å²) in [7, 11) is 0. The van der Waals surface area contributed by atoms with Crippen LogP contribution >= 0.6 is 11.8 Å². The zero-order valence-corrected chi connectivity index (χ0v) is 12.0. The van der Waals surface area contributed by atoms with E-state index in [1.807, 2.05) is 0 Å². The molecule has 2 aromatic carbocycles. The Balaban J connectivity index is 1.76. The van der Waals surface area contributed by atoms with E-state index in [0.29, 0.717) is 27.9 Å². The summed E-state index contributed by atoms with van der Waals surface area (Å²) in [5, 5.41) is 4.67. The first-order valence-corrected chi connectivity index (χ1v) is 7.35. The van der Waals surface area contributed by atoms with E-state index in [-0.39, 0.29) is 5.82 Å². The molecule has 0 spiro atoms. The molecule has 2 aromatic rings. The van der Waals surface area contributed by atoms with Crippen LogP contribution in [0.25, 0.3) is 0 Å². The van der Waals surface area contributed by atoms with Gasteiger partial charge in [-0.05, 0) is 42.5 Å². The number of hydrazone groups is 1. The van der Waals surface area contributed by atoms with E-state index >= 15 is 0 Å². The quantitative estimate of drug-likeness (QED) is 0.912. The second-order valence-corrected chi connectivity index (χ2v) is 5.45. The standard InChI is InChI=1S/C15H10F3N3S/c16-10-2-4-11(5-3-10)19-15-21-20-14(8-22-15)9-1-6-12(17)13(18)7-9/h1-7H,8H2,(H,19,21). The molecule has 0 saturated heterocycles. The highest BCUT2D eigenvalue weighted by molar-refractivity contribution is 8.14. The van der Waals surface area contributed by atoms with Gasteiger partial charge < -0.3 is 0 Å². The molecular weight excluding hydrogens is 311 g/mol. The third kappa shape index (κ3) is 3.30. The fourth-order valence-electron chi connectivity index (χ4n) is 1.83. The molecule has 3 nitrogen and oxygen atoms in total. The lowest BCUT2D eigenvalue weighted by atomic mass is 10.1. The van der Waals surface area contributed by atoms with Crippen LogP contribution in [0.5, 0.6) is 0 Å². The topological polar surface area (TPSA) is 36.8 Å². The maximum atomic E-state index is 13.2. The molecule has 7 heteroatoms. The molecule has 1 N–H and O–H groups in total. The minimum absolute atomic E-state index is 0.327. The van der Waals surface area contributed by atoms with Crippen molar-refractivity contribution >= 4 is 28.3 Å². The van der Waals surface area contributed by atoms with Crippen molar-refractivity contribution < 1.29 is 13.2 Å². The predicted molar refractivity (Wildman–Crippen MR) is 82.0 cm³/mol. The van der Waals surface area contributed by atoms with Crippen LogP contribution in [0.3, 0.4) is 0 Å². The third-order valence-electron chi connectivity index (χ3n) is 2.94. The van der Waals surface area contributed by atoms with E-state index in [0.717, 1.165) is 12.1 Å². The van der Waals surface area contributed by atoms with Crippen molar-refractivity contribution in [1.29, 1.82) is 0 Å². The molecule has 22 heavy (non-hydrogen) atoms. The van der Waals surface area contributed by atoms with Gasteiger partial charge in [0.25, 0.3) is 0 Å². The van der Waals surface area contributed by atoms with Gasteiger partial charge in [-0.2, -0.15) is 5.10 Å². The highest BCUT2D eigenvalue weighted by atomic mass is 32.2. The van der Waals surface area contributed by atoms with Gasteiger partial charge in [-0.1, -0.05) is 11.8 Å². The molecule has 0 unspecified atom stereocenters. The Morgan fingerprint density at radius 1 is 1.00 bits per heavy atom. The van der Waals surface area contributed by atoms with E-state index in [9.17, 15) is 13.2 Å². The molecule has 1 aliphatic rings. The maximum absolute atomic E-state index is 13.2. The normalized spacial score (nSPS) is 16.3. The summed E-state index contributed by atoms with van der Waals surface area (Å²) < 4.78 is 39.0. The Bertz CT molecular complexity index is 757. The number of hydrogen-bond acceptors (Lipinski definition) is 3. The van der Waals surface area contributed by atoms with E-state index in [2.05, 4.69) is 15.5 Å². The number of rotatable bonds is 2. The van der Waals surface area contributed by atoms with Gasteiger partial charge in [-0.25, -0.2) is 18.2 Å². The molecule has 0 aliphatic carbocycles. The van der Waals surface area contributed by atoms with Gasteiger partial charge in [-0.3, -0.25) is 5.43 Å². The lowest BCUT2D eigenvalue weighted by molar-refractivity contribution is 0.508. The molecule has 0 bridgehead atoms. The Morgan fingerprint density at radius 3 is 2.41 bits per heavy atom. The number of nitrogens with zero attached hydrogens (tertiary/aromatic N) is 2. The van der Waals surface area contributed by atoms with Crippen LogP contribution in [-0.4, -0.2) is 16.6 Å². The van der Waals surface area contributed by atoms with Gasteiger partial charge in [-0.15, -0.1) is 0 Å². The fourth-order valence-corrected chi connectivity index (χ4v) is 2.62. The second kappa shape index (κ2) is 6.23. The largest absolute Gasteiger partial charge is 0.255 e. The molecule has 0 fully saturated rings. The Morgan fingerprint density at radius 2 is 1.77 bits per heavy atom. The zero-order valence-electron chi connectivity index (χ0n) is 11.2. The summed E-state index contributed by atoms with van der Waals surface area (Å²) in [5.74, 6) is -1.65. The Kier molecular flexibility index (Phi) is 4.15. The van der Waals surface area contributed by atoms with Crippen LogP contribution in [0.15, 0.2) is 52.6 Å². The van der Waals surface area contributed by atoms with Gasteiger partial charge in [0, 0.05) is 11.3 Å². The van der Waals surface area contributed by atoms with Crippen molar-refractivity contribution in [2.24, 2.45) is 10.1 Å².